The quantitative estimate of drug-likeness (QED) is 0.695. The summed E-state index contributed by atoms with van der Waals surface area (Å²) in [6, 6.07) is 9.82. The van der Waals surface area contributed by atoms with Gasteiger partial charge in [0.05, 0.1) is 23.4 Å². The van der Waals surface area contributed by atoms with Crippen molar-refractivity contribution in [1.29, 1.82) is 5.26 Å². The SMILES string of the molecule is CCOC(=O)c1sc(-n2cc(C#N)c3ccccc32)nc1C. The molecule has 0 N–H and O–H groups in total. The number of nitriles is 1. The summed E-state index contributed by atoms with van der Waals surface area (Å²) in [4.78, 5) is 16.9. The third-order valence-electron chi connectivity index (χ3n) is 3.28. The molecule has 1 aromatic carbocycles. The molecule has 0 saturated carbocycles. The van der Waals surface area contributed by atoms with E-state index in [0.717, 1.165) is 10.9 Å². The predicted molar refractivity (Wildman–Crippen MR) is 84.4 cm³/mol. The lowest BCUT2D eigenvalue weighted by molar-refractivity contribution is 0.0531. The largest absolute Gasteiger partial charge is 0.462 e. The van der Waals surface area contributed by atoms with Crippen molar-refractivity contribution in [2.75, 3.05) is 6.61 Å². The molecule has 3 aromatic rings. The highest BCUT2D eigenvalue weighted by molar-refractivity contribution is 7.16. The zero-order valence-electron chi connectivity index (χ0n) is 12.2. The Hall–Kier alpha value is -2.65. The maximum atomic E-state index is 11.9. The van der Waals surface area contributed by atoms with E-state index in [0.29, 0.717) is 27.9 Å². The summed E-state index contributed by atoms with van der Waals surface area (Å²) in [6.45, 7) is 3.88. The van der Waals surface area contributed by atoms with Crippen LogP contribution in [0, 0.1) is 18.3 Å². The van der Waals surface area contributed by atoms with Gasteiger partial charge in [-0.15, -0.1) is 0 Å². The highest BCUT2D eigenvalue weighted by Gasteiger charge is 2.19. The molecule has 110 valence electrons. The molecule has 0 aliphatic rings. The van der Waals surface area contributed by atoms with Gasteiger partial charge in [0.25, 0.3) is 0 Å². The number of thiazole rings is 1. The fraction of sp³-hybridized carbons (Fsp3) is 0.188. The molecule has 0 bridgehead atoms. The first kappa shape index (κ1) is 14.3. The third-order valence-corrected chi connectivity index (χ3v) is 4.42. The minimum absolute atomic E-state index is 0.330. The number of ether oxygens (including phenoxy) is 1. The molecule has 0 saturated heterocycles. The van der Waals surface area contributed by atoms with E-state index in [1.807, 2.05) is 28.8 Å². The van der Waals surface area contributed by atoms with Crippen molar-refractivity contribution >= 4 is 28.2 Å². The molecule has 5 nitrogen and oxygen atoms in total. The van der Waals surface area contributed by atoms with Gasteiger partial charge >= 0.3 is 5.97 Å². The summed E-state index contributed by atoms with van der Waals surface area (Å²) in [5.41, 5.74) is 2.11. The Kier molecular flexibility index (Phi) is 3.65. The first-order valence-electron chi connectivity index (χ1n) is 6.80. The van der Waals surface area contributed by atoms with Crippen LogP contribution < -0.4 is 0 Å². The normalized spacial score (nSPS) is 10.6. The number of nitrogens with zero attached hydrogens (tertiary/aromatic N) is 3. The second-order valence-electron chi connectivity index (χ2n) is 4.67. The van der Waals surface area contributed by atoms with E-state index in [4.69, 9.17) is 4.74 Å². The highest BCUT2D eigenvalue weighted by Crippen LogP contribution is 2.28. The number of rotatable bonds is 3. The number of hydrogen-bond acceptors (Lipinski definition) is 5. The number of carbonyl (C=O) groups excluding carboxylic acids is 1. The van der Waals surface area contributed by atoms with Crippen LogP contribution in [0.4, 0.5) is 0 Å². The topological polar surface area (TPSA) is 67.9 Å². The Labute approximate surface area is 131 Å². The van der Waals surface area contributed by atoms with Gasteiger partial charge in [-0.05, 0) is 19.9 Å². The average molecular weight is 311 g/mol. The summed E-state index contributed by atoms with van der Waals surface area (Å²) in [5.74, 6) is -0.360. The van der Waals surface area contributed by atoms with Crippen LogP contribution >= 0.6 is 11.3 Å². The van der Waals surface area contributed by atoms with Crippen LogP contribution in [0.15, 0.2) is 30.5 Å². The van der Waals surface area contributed by atoms with Gasteiger partial charge in [-0.3, -0.25) is 4.57 Å². The van der Waals surface area contributed by atoms with Gasteiger partial charge in [0.2, 0.25) is 0 Å². The van der Waals surface area contributed by atoms with E-state index < -0.39 is 0 Å². The van der Waals surface area contributed by atoms with Crippen LogP contribution in [0.1, 0.15) is 27.9 Å². The monoisotopic (exact) mass is 311 g/mol. The Morgan fingerprint density at radius 2 is 2.23 bits per heavy atom. The van der Waals surface area contributed by atoms with Crippen molar-refractivity contribution in [1.82, 2.24) is 9.55 Å². The van der Waals surface area contributed by atoms with Crippen molar-refractivity contribution in [3.05, 3.63) is 46.6 Å². The van der Waals surface area contributed by atoms with Gasteiger partial charge < -0.3 is 4.74 Å². The van der Waals surface area contributed by atoms with E-state index in [9.17, 15) is 10.1 Å². The summed E-state index contributed by atoms with van der Waals surface area (Å²) in [7, 11) is 0. The van der Waals surface area contributed by atoms with Crippen LogP contribution in [0.25, 0.3) is 16.0 Å². The maximum absolute atomic E-state index is 11.9. The first-order valence-corrected chi connectivity index (χ1v) is 7.62. The molecule has 0 amide bonds. The lowest BCUT2D eigenvalue weighted by Crippen LogP contribution is -2.03. The lowest BCUT2D eigenvalue weighted by Gasteiger charge is -1.99. The molecule has 22 heavy (non-hydrogen) atoms. The smallest absolute Gasteiger partial charge is 0.350 e. The molecule has 0 aliphatic carbocycles. The lowest BCUT2D eigenvalue weighted by atomic mass is 10.2. The van der Waals surface area contributed by atoms with Crippen LogP contribution in [0.5, 0.6) is 0 Å². The summed E-state index contributed by atoms with van der Waals surface area (Å²) in [6.07, 6.45) is 1.75. The van der Waals surface area contributed by atoms with E-state index in [1.165, 1.54) is 11.3 Å². The fourth-order valence-corrected chi connectivity index (χ4v) is 3.25. The second kappa shape index (κ2) is 5.62. The summed E-state index contributed by atoms with van der Waals surface area (Å²) < 4.78 is 6.88. The Bertz CT molecular complexity index is 902. The number of hydrogen-bond donors (Lipinski definition) is 0. The molecule has 0 unspecified atom stereocenters. The van der Waals surface area contributed by atoms with Gasteiger partial charge in [0, 0.05) is 11.6 Å². The Morgan fingerprint density at radius 3 is 2.95 bits per heavy atom. The van der Waals surface area contributed by atoms with Crippen molar-refractivity contribution in [3.8, 4) is 11.2 Å². The van der Waals surface area contributed by atoms with E-state index in [1.54, 1.807) is 20.0 Å². The number of fused-ring (bicyclic) bond motifs is 1. The maximum Gasteiger partial charge on any atom is 0.350 e. The fourth-order valence-electron chi connectivity index (χ4n) is 2.30. The highest BCUT2D eigenvalue weighted by atomic mass is 32.1. The zero-order chi connectivity index (χ0) is 15.7. The van der Waals surface area contributed by atoms with Gasteiger partial charge in [-0.1, -0.05) is 29.5 Å². The Balaban J connectivity index is 2.15. The summed E-state index contributed by atoms with van der Waals surface area (Å²) >= 11 is 1.27. The summed E-state index contributed by atoms with van der Waals surface area (Å²) in [5, 5.41) is 10.8. The van der Waals surface area contributed by atoms with Crippen molar-refractivity contribution < 1.29 is 9.53 Å². The number of aromatic nitrogens is 2. The van der Waals surface area contributed by atoms with Crippen LogP contribution in [0.2, 0.25) is 0 Å². The molecule has 0 aliphatic heterocycles. The van der Waals surface area contributed by atoms with Crippen LogP contribution in [0.3, 0.4) is 0 Å². The van der Waals surface area contributed by atoms with Crippen LogP contribution in [-0.4, -0.2) is 22.1 Å². The molecule has 6 heteroatoms. The number of carbonyl (C=O) groups is 1. The number of para-hydroxylation sites is 1. The van der Waals surface area contributed by atoms with E-state index in [-0.39, 0.29) is 5.97 Å². The molecule has 3 rings (SSSR count). The van der Waals surface area contributed by atoms with Crippen LogP contribution in [-0.2, 0) is 4.74 Å². The second-order valence-corrected chi connectivity index (χ2v) is 5.65. The van der Waals surface area contributed by atoms with E-state index in [2.05, 4.69) is 11.1 Å². The average Bonchev–Trinajstić information content (AvgIpc) is 3.08. The standard InChI is InChI=1S/C16H13N3O2S/c1-3-21-15(20)14-10(2)18-16(22-14)19-9-11(8-17)12-6-4-5-7-13(12)19/h4-7,9H,3H2,1-2H3. The third kappa shape index (κ3) is 2.26. The van der Waals surface area contributed by atoms with Crippen molar-refractivity contribution in [3.63, 3.8) is 0 Å². The molecule has 0 atom stereocenters. The molecular weight excluding hydrogens is 298 g/mol. The van der Waals surface area contributed by atoms with Gasteiger partial charge in [0.1, 0.15) is 10.9 Å². The van der Waals surface area contributed by atoms with Gasteiger partial charge in [-0.25, -0.2) is 9.78 Å². The number of esters is 1. The molecule has 2 heterocycles. The van der Waals surface area contributed by atoms with Gasteiger partial charge in [-0.2, -0.15) is 5.26 Å². The van der Waals surface area contributed by atoms with Crippen molar-refractivity contribution in [2.24, 2.45) is 0 Å². The minimum Gasteiger partial charge on any atom is -0.462 e. The molecular formula is C16H13N3O2S. The molecule has 0 radical (unpaired) electrons. The zero-order valence-corrected chi connectivity index (χ0v) is 13.0. The Morgan fingerprint density at radius 1 is 1.45 bits per heavy atom. The number of benzene rings is 1. The van der Waals surface area contributed by atoms with Crippen molar-refractivity contribution in [2.45, 2.75) is 13.8 Å². The first-order chi connectivity index (χ1) is 10.7. The predicted octanol–water partition coefficient (Wildman–Crippen LogP) is 3.44. The number of aryl methyl sites for hydroxylation is 1. The van der Waals surface area contributed by atoms with Gasteiger partial charge in [0.15, 0.2) is 5.13 Å². The minimum atomic E-state index is -0.360. The van der Waals surface area contributed by atoms with E-state index >= 15 is 0 Å². The molecule has 0 spiro atoms. The molecule has 0 fully saturated rings. The molecule has 2 aromatic heterocycles.